The van der Waals surface area contributed by atoms with Crippen LogP contribution in [0.2, 0.25) is 0 Å². The molecule has 1 aromatic heterocycles. The molecule has 2 rings (SSSR count). The van der Waals surface area contributed by atoms with Gasteiger partial charge in [0.1, 0.15) is 10.8 Å². The van der Waals surface area contributed by atoms with Gasteiger partial charge in [0.15, 0.2) is 11.9 Å². The van der Waals surface area contributed by atoms with Gasteiger partial charge >= 0.3 is 0 Å². The summed E-state index contributed by atoms with van der Waals surface area (Å²) in [7, 11) is 0. The zero-order valence-corrected chi connectivity index (χ0v) is 13.6. The summed E-state index contributed by atoms with van der Waals surface area (Å²) in [5.41, 5.74) is 1.56. The topological polar surface area (TPSA) is 68.3 Å². The molecular formula is C16H18N2O3S. The summed E-state index contributed by atoms with van der Waals surface area (Å²) in [4.78, 5) is 27.5. The molecule has 0 fully saturated rings. The van der Waals surface area contributed by atoms with Gasteiger partial charge in [-0.2, -0.15) is 0 Å². The van der Waals surface area contributed by atoms with E-state index in [0.717, 1.165) is 10.7 Å². The number of hydrogen-bond acceptors (Lipinski definition) is 5. The first kappa shape index (κ1) is 16.2. The number of benzene rings is 1. The maximum atomic E-state index is 12.0. The number of aryl methyl sites for hydroxylation is 1. The fourth-order valence-electron chi connectivity index (χ4n) is 1.82. The Morgan fingerprint density at radius 1 is 1.32 bits per heavy atom. The van der Waals surface area contributed by atoms with Crippen molar-refractivity contribution in [1.82, 2.24) is 10.3 Å². The molecule has 2 aromatic rings. The monoisotopic (exact) mass is 318 g/mol. The van der Waals surface area contributed by atoms with Gasteiger partial charge in [-0.05, 0) is 45.0 Å². The molecule has 0 radical (unpaired) electrons. The van der Waals surface area contributed by atoms with Crippen LogP contribution in [0.15, 0.2) is 29.6 Å². The summed E-state index contributed by atoms with van der Waals surface area (Å²) in [5.74, 6) is 0.345. The molecule has 0 aliphatic carbocycles. The summed E-state index contributed by atoms with van der Waals surface area (Å²) in [6.45, 7) is 5.50. The molecule has 116 valence electrons. The van der Waals surface area contributed by atoms with Crippen LogP contribution in [0.4, 0.5) is 0 Å². The Balaban J connectivity index is 1.86. The van der Waals surface area contributed by atoms with E-state index in [1.807, 2.05) is 12.3 Å². The van der Waals surface area contributed by atoms with Crippen LogP contribution in [0.25, 0.3) is 0 Å². The molecule has 6 heteroatoms. The SMILES string of the molecule is CC(=O)c1ccc(O[C@@H](C)C(=O)NCc2nc(C)cs2)cc1. The van der Waals surface area contributed by atoms with Gasteiger partial charge in [0.25, 0.3) is 5.91 Å². The number of thiazole rings is 1. The molecule has 1 amide bonds. The first-order valence-electron chi connectivity index (χ1n) is 6.92. The lowest BCUT2D eigenvalue weighted by Crippen LogP contribution is -2.35. The molecule has 0 aliphatic rings. The zero-order valence-electron chi connectivity index (χ0n) is 12.8. The standard InChI is InChI=1S/C16H18N2O3S/c1-10-9-22-15(18-10)8-17-16(20)12(3)21-14-6-4-13(5-7-14)11(2)19/h4-7,9,12H,8H2,1-3H3,(H,17,20)/t12-/m0/s1. The predicted octanol–water partition coefficient (Wildman–Crippen LogP) is 2.74. The minimum absolute atomic E-state index is 0.00363. The Bertz CT molecular complexity index is 664. The Morgan fingerprint density at radius 3 is 2.55 bits per heavy atom. The van der Waals surface area contributed by atoms with Crippen molar-refractivity contribution in [3.05, 3.63) is 45.9 Å². The normalized spacial score (nSPS) is 11.8. The van der Waals surface area contributed by atoms with Crippen LogP contribution in [0.5, 0.6) is 5.75 Å². The number of hydrogen-bond donors (Lipinski definition) is 1. The second kappa shape index (κ2) is 7.17. The van der Waals surface area contributed by atoms with Gasteiger partial charge in [0.05, 0.1) is 6.54 Å². The summed E-state index contributed by atoms with van der Waals surface area (Å²) in [6.07, 6.45) is -0.621. The average Bonchev–Trinajstić information content (AvgIpc) is 2.91. The maximum Gasteiger partial charge on any atom is 0.261 e. The number of aromatic nitrogens is 1. The van der Waals surface area contributed by atoms with Crippen LogP contribution in [-0.4, -0.2) is 22.8 Å². The minimum Gasteiger partial charge on any atom is -0.481 e. The molecule has 1 heterocycles. The number of carbonyl (C=O) groups excluding carboxylic acids is 2. The number of Topliss-reactive ketones (excluding diaryl/α,β-unsaturated/α-hetero) is 1. The molecular weight excluding hydrogens is 300 g/mol. The van der Waals surface area contributed by atoms with E-state index < -0.39 is 6.10 Å². The summed E-state index contributed by atoms with van der Waals surface area (Å²) < 4.78 is 5.56. The van der Waals surface area contributed by atoms with Crippen molar-refractivity contribution < 1.29 is 14.3 Å². The highest BCUT2D eigenvalue weighted by atomic mass is 32.1. The van der Waals surface area contributed by atoms with Crippen molar-refractivity contribution in [1.29, 1.82) is 0 Å². The lowest BCUT2D eigenvalue weighted by molar-refractivity contribution is -0.127. The van der Waals surface area contributed by atoms with Gasteiger partial charge in [0.2, 0.25) is 0 Å². The summed E-state index contributed by atoms with van der Waals surface area (Å²) >= 11 is 1.51. The van der Waals surface area contributed by atoms with E-state index in [0.29, 0.717) is 17.9 Å². The van der Waals surface area contributed by atoms with Crippen molar-refractivity contribution in [3.63, 3.8) is 0 Å². The molecule has 0 unspecified atom stereocenters. The van der Waals surface area contributed by atoms with Gasteiger partial charge < -0.3 is 10.1 Å². The van der Waals surface area contributed by atoms with Crippen LogP contribution in [-0.2, 0) is 11.3 Å². The molecule has 1 N–H and O–H groups in total. The third-order valence-electron chi connectivity index (χ3n) is 3.02. The Kier molecular flexibility index (Phi) is 5.27. The lowest BCUT2D eigenvalue weighted by atomic mass is 10.1. The van der Waals surface area contributed by atoms with E-state index in [-0.39, 0.29) is 11.7 Å². The van der Waals surface area contributed by atoms with Crippen LogP contribution >= 0.6 is 11.3 Å². The molecule has 22 heavy (non-hydrogen) atoms. The van der Waals surface area contributed by atoms with E-state index in [9.17, 15) is 9.59 Å². The highest BCUT2D eigenvalue weighted by Crippen LogP contribution is 2.14. The molecule has 1 aromatic carbocycles. The Hall–Kier alpha value is -2.21. The Labute approximate surface area is 133 Å². The molecule has 1 atom stereocenters. The average molecular weight is 318 g/mol. The second-order valence-corrected chi connectivity index (χ2v) is 5.88. The number of ketones is 1. The van der Waals surface area contributed by atoms with Gasteiger partial charge in [-0.3, -0.25) is 9.59 Å². The van der Waals surface area contributed by atoms with Crippen molar-refractivity contribution >= 4 is 23.0 Å². The van der Waals surface area contributed by atoms with Crippen molar-refractivity contribution in [2.45, 2.75) is 33.4 Å². The number of rotatable bonds is 6. The largest absolute Gasteiger partial charge is 0.481 e. The van der Waals surface area contributed by atoms with Crippen LogP contribution in [0.3, 0.4) is 0 Å². The smallest absolute Gasteiger partial charge is 0.261 e. The molecule has 0 bridgehead atoms. The number of ether oxygens (including phenoxy) is 1. The van der Waals surface area contributed by atoms with Crippen LogP contribution < -0.4 is 10.1 Å². The summed E-state index contributed by atoms with van der Waals surface area (Å²) in [6, 6.07) is 6.73. The Morgan fingerprint density at radius 2 is 2.00 bits per heavy atom. The van der Waals surface area contributed by atoms with Gasteiger partial charge in [-0.15, -0.1) is 11.3 Å². The van der Waals surface area contributed by atoms with E-state index in [4.69, 9.17) is 4.74 Å². The lowest BCUT2D eigenvalue weighted by Gasteiger charge is -2.14. The molecule has 0 saturated carbocycles. The quantitative estimate of drug-likeness (QED) is 0.832. The first-order valence-corrected chi connectivity index (χ1v) is 7.80. The molecule has 0 saturated heterocycles. The van der Waals surface area contributed by atoms with E-state index in [2.05, 4.69) is 10.3 Å². The van der Waals surface area contributed by atoms with Crippen molar-refractivity contribution in [2.24, 2.45) is 0 Å². The van der Waals surface area contributed by atoms with E-state index in [1.165, 1.54) is 18.3 Å². The fraction of sp³-hybridized carbons (Fsp3) is 0.312. The second-order valence-electron chi connectivity index (χ2n) is 4.94. The van der Waals surface area contributed by atoms with E-state index in [1.54, 1.807) is 31.2 Å². The highest BCUT2D eigenvalue weighted by molar-refractivity contribution is 7.09. The van der Waals surface area contributed by atoms with E-state index >= 15 is 0 Å². The van der Waals surface area contributed by atoms with Crippen LogP contribution in [0, 0.1) is 6.92 Å². The van der Waals surface area contributed by atoms with Gasteiger partial charge in [0, 0.05) is 16.6 Å². The first-order chi connectivity index (χ1) is 10.5. The van der Waals surface area contributed by atoms with Crippen LogP contribution in [0.1, 0.15) is 34.9 Å². The minimum atomic E-state index is -0.621. The zero-order chi connectivity index (χ0) is 16.1. The molecule has 0 aliphatic heterocycles. The third kappa shape index (κ3) is 4.39. The third-order valence-corrected chi connectivity index (χ3v) is 3.99. The number of nitrogens with one attached hydrogen (secondary N) is 1. The highest BCUT2D eigenvalue weighted by Gasteiger charge is 2.15. The number of amides is 1. The molecule has 0 spiro atoms. The van der Waals surface area contributed by atoms with Gasteiger partial charge in [-0.1, -0.05) is 0 Å². The number of nitrogens with zero attached hydrogens (tertiary/aromatic N) is 1. The number of carbonyl (C=O) groups is 2. The molecule has 5 nitrogen and oxygen atoms in total. The van der Waals surface area contributed by atoms with Crippen molar-refractivity contribution in [2.75, 3.05) is 0 Å². The van der Waals surface area contributed by atoms with Crippen molar-refractivity contribution in [3.8, 4) is 5.75 Å². The fourth-order valence-corrected chi connectivity index (χ4v) is 2.53. The predicted molar refractivity (Wildman–Crippen MR) is 85.2 cm³/mol. The van der Waals surface area contributed by atoms with Gasteiger partial charge in [-0.25, -0.2) is 4.98 Å². The summed E-state index contributed by atoms with van der Waals surface area (Å²) in [5, 5.41) is 5.60. The maximum absolute atomic E-state index is 12.0.